The number of carbonyl (C=O) groups excluding carboxylic acids is 1. The van der Waals surface area contributed by atoms with Gasteiger partial charge in [-0.2, -0.15) is 4.31 Å². The molecule has 2 aromatic carbocycles. The molecule has 28 heavy (non-hydrogen) atoms. The first-order valence-corrected chi connectivity index (χ1v) is 9.83. The van der Waals surface area contributed by atoms with Crippen LogP contribution in [-0.4, -0.2) is 43.8 Å². The number of carbonyl (C=O) groups is 1. The largest absolute Gasteiger partial charge is 0.493 e. The van der Waals surface area contributed by atoms with Crippen molar-refractivity contribution in [1.82, 2.24) is 4.31 Å². The number of nitro groups is 1. The SMILES string of the molecule is CCN(CC)S(=O)(=O)c1cccc(C(=O)Oc2cc([N+](=O)[O-])ccc2OC)c1. The Balaban J connectivity index is 2.37. The molecule has 9 nitrogen and oxygen atoms in total. The molecule has 2 rings (SSSR count). The van der Waals surface area contributed by atoms with Crippen molar-refractivity contribution in [2.75, 3.05) is 20.2 Å². The highest BCUT2D eigenvalue weighted by atomic mass is 32.2. The van der Waals surface area contributed by atoms with Crippen molar-refractivity contribution < 1.29 is 27.6 Å². The number of methoxy groups -OCH3 is 1. The van der Waals surface area contributed by atoms with E-state index in [1.165, 1.54) is 47.8 Å². The second-order valence-corrected chi connectivity index (χ2v) is 7.54. The third kappa shape index (κ3) is 4.46. The van der Waals surface area contributed by atoms with E-state index in [-0.39, 0.29) is 27.6 Å². The van der Waals surface area contributed by atoms with E-state index < -0.39 is 20.9 Å². The molecular formula is C18H20N2O7S. The van der Waals surface area contributed by atoms with Gasteiger partial charge in [-0.05, 0) is 24.3 Å². The van der Waals surface area contributed by atoms with Crippen molar-refractivity contribution in [3.05, 3.63) is 58.1 Å². The summed E-state index contributed by atoms with van der Waals surface area (Å²) in [4.78, 5) is 22.8. The van der Waals surface area contributed by atoms with Crippen LogP contribution in [0.15, 0.2) is 47.4 Å². The molecule has 0 aliphatic rings. The Morgan fingerprint density at radius 3 is 2.36 bits per heavy atom. The quantitative estimate of drug-likeness (QED) is 0.285. The summed E-state index contributed by atoms with van der Waals surface area (Å²) in [5, 5.41) is 10.9. The number of rotatable bonds is 8. The summed E-state index contributed by atoms with van der Waals surface area (Å²) < 4.78 is 36.8. The van der Waals surface area contributed by atoms with Gasteiger partial charge in [-0.3, -0.25) is 10.1 Å². The average molecular weight is 408 g/mol. The van der Waals surface area contributed by atoms with Gasteiger partial charge in [-0.1, -0.05) is 19.9 Å². The van der Waals surface area contributed by atoms with Crippen LogP contribution in [-0.2, 0) is 10.0 Å². The highest BCUT2D eigenvalue weighted by molar-refractivity contribution is 7.89. The van der Waals surface area contributed by atoms with Crippen LogP contribution in [0.3, 0.4) is 0 Å². The Labute approximate surface area is 162 Å². The van der Waals surface area contributed by atoms with Gasteiger partial charge in [0.05, 0.1) is 28.6 Å². The fourth-order valence-corrected chi connectivity index (χ4v) is 4.02. The summed E-state index contributed by atoms with van der Waals surface area (Å²) in [5.41, 5.74) is -0.289. The summed E-state index contributed by atoms with van der Waals surface area (Å²) >= 11 is 0. The maximum Gasteiger partial charge on any atom is 0.343 e. The predicted molar refractivity (Wildman–Crippen MR) is 101 cm³/mol. The molecule has 0 N–H and O–H groups in total. The van der Waals surface area contributed by atoms with Gasteiger partial charge in [-0.25, -0.2) is 13.2 Å². The van der Waals surface area contributed by atoms with Crippen LogP contribution >= 0.6 is 0 Å². The number of esters is 1. The molecule has 0 saturated carbocycles. The van der Waals surface area contributed by atoms with Crippen LogP contribution in [0.1, 0.15) is 24.2 Å². The van der Waals surface area contributed by atoms with Gasteiger partial charge in [0.15, 0.2) is 11.5 Å². The standard InChI is InChI=1S/C18H20N2O7S/c1-4-19(5-2)28(24,25)15-8-6-7-13(11-15)18(21)27-17-12-14(20(22)23)9-10-16(17)26-3/h6-12H,4-5H2,1-3H3. The molecule has 0 radical (unpaired) electrons. The third-order valence-corrected chi connectivity index (χ3v) is 6.02. The van der Waals surface area contributed by atoms with Gasteiger partial charge >= 0.3 is 5.97 Å². The molecule has 0 spiro atoms. The fourth-order valence-electron chi connectivity index (χ4n) is 2.51. The maximum atomic E-state index is 12.6. The summed E-state index contributed by atoms with van der Waals surface area (Å²) in [7, 11) is -2.42. The highest BCUT2D eigenvalue weighted by Crippen LogP contribution is 2.32. The molecule has 0 saturated heterocycles. The molecule has 2 aromatic rings. The van der Waals surface area contributed by atoms with Crippen LogP contribution in [0.25, 0.3) is 0 Å². The molecule has 0 aromatic heterocycles. The van der Waals surface area contributed by atoms with E-state index in [1.54, 1.807) is 13.8 Å². The maximum absolute atomic E-state index is 12.6. The topological polar surface area (TPSA) is 116 Å². The van der Waals surface area contributed by atoms with Crippen molar-refractivity contribution in [2.45, 2.75) is 18.7 Å². The number of nitro benzene ring substituents is 1. The second-order valence-electron chi connectivity index (χ2n) is 5.60. The van der Waals surface area contributed by atoms with Gasteiger partial charge < -0.3 is 9.47 Å². The zero-order valence-electron chi connectivity index (χ0n) is 15.6. The Kier molecular flexibility index (Phi) is 6.71. The molecule has 0 bridgehead atoms. The first-order valence-electron chi connectivity index (χ1n) is 8.39. The molecule has 0 atom stereocenters. The first-order chi connectivity index (χ1) is 13.2. The number of nitrogens with zero attached hydrogens (tertiary/aromatic N) is 2. The van der Waals surface area contributed by atoms with Crippen LogP contribution in [0, 0.1) is 10.1 Å². The zero-order chi connectivity index (χ0) is 20.9. The minimum absolute atomic E-state index is 0.0122. The van der Waals surface area contributed by atoms with Gasteiger partial charge in [0.1, 0.15) is 0 Å². The van der Waals surface area contributed by atoms with Crippen molar-refractivity contribution >= 4 is 21.7 Å². The lowest BCUT2D eigenvalue weighted by atomic mass is 10.2. The molecular weight excluding hydrogens is 388 g/mol. The molecule has 0 fully saturated rings. The normalized spacial score (nSPS) is 11.3. The Hall–Kier alpha value is -2.98. The molecule has 0 aliphatic heterocycles. The predicted octanol–water partition coefficient (Wildman–Crippen LogP) is 2.85. The second kappa shape index (κ2) is 8.81. The van der Waals surface area contributed by atoms with Crippen molar-refractivity contribution in [1.29, 1.82) is 0 Å². The highest BCUT2D eigenvalue weighted by Gasteiger charge is 2.23. The Morgan fingerprint density at radius 2 is 1.79 bits per heavy atom. The van der Waals surface area contributed by atoms with Crippen molar-refractivity contribution in [3.8, 4) is 11.5 Å². The molecule has 0 unspecified atom stereocenters. The third-order valence-electron chi connectivity index (χ3n) is 3.97. The van der Waals surface area contributed by atoms with E-state index >= 15 is 0 Å². The Bertz CT molecular complexity index is 985. The van der Waals surface area contributed by atoms with E-state index in [2.05, 4.69) is 0 Å². The molecule has 0 aliphatic carbocycles. The van der Waals surface area contributed by atoms with Crippen molar-refractivity contribution in [2.24, 2.45) is 0 Å². The molecule has 10 heteroatoms. The zero-order valence-corrected chi connectivity index (χ0v) is 16.4. The van der Waals surface area contributed by atoms with Crippen molar-refractivity contribution in [3.63, 3.8) is 0 Å². The summed E-state index contributed by atoms with van der Waals surface area (Å²) in [5.74, 6) is -0.875. The number of benzene rings is 2. The number of hydrogen-bond donors (Lipinski definition) is 0. The van der Waals surface area contributed by atoms with Gasteiger partial charge in [-0.15, -0.1) is 0 Å². The Morgan fingerprint density at radius 1 is 1.11 bits per heavy atom. The summed E-state index contributed by atoms with van der Waals surface area (Å²) in [6, 6.07) is 9.01. The fraction of sp³-hybridized carbons (Fsp3) is 0.278. The summed E-state index contributed by atoms with van der Waals surface area (Å²) in [6.45, 7) is 4.01. The average Bonchev–Trinajstić information content (AvgIpc) is 2.68. The van der Waals surface area contributed by atoms with E-state index in [0.717, 1.165) is 6.07 Å². The van der Waals surface area contributed by atoms with E-state index in [1.807, 2.05) is 0 Å². The first kappa shape index (κ1) is 21.3. The van der Waals surface area contributed by atoms with E-state index in [9.17, 15) is 23.3 Å². The van der Waals surface area contributed by atoms with E-state index in [4.69, 9.17) is 9.47 Å². The molecule has 0 amide bonds. The van der Waals surface area contributed by atoms with Crippen LogP contribution < -0.4 is 9.47 Å². The van der Waals surface area contributed by atoms with Crippen LogP contribution in [0.4, 0.5) is 5.69 Å². The molecule has 0 heterocycles. The minimum Gasteiger partial charge on any atom is -0.493 e. The number of hydrogen-bond acceptors (Lipinski definition) is 7. The smallest absolute Gasteiger partial charge is 0.343 e. The molecule has 150 valence electrons. The summed E-state index contributed by atoms with van der Waals surface area (Å²) in [6.07, 6.45) is 0. The van der Waals surface area contributed by atoms with Gasteiger partial charge in [0, 0.05) is 19.2 Å². The van der Waals surface area contributed by atoms with E-state index in [0.29, 0.717) is 13.1 Å². The lowest BCUT2D eigenvalue weighted by molar-refractivity contribution is -0.384. The number of sulfonamides is 1. The van der Waals surface area contributed by atoms with Crippen LogP contribution in [0.5, 0.6) is 11.5 Å². The lowest BCUT2D eigenvalue weighted by Gasteiger charge is -2.18. The number of non-ortho nitro benzene ring substituents is 1. The van der Waals surface area contributed by atoms with Crippen LogP contribution in [0.2, 0.25) is 0 Å². The van der Waals surface area contributed by atoms with Gasteiger partial charge in [0.25, 0.3) is 5.69 Å². The monoisotopic (exact) mass is 408 g/mol. The lowest BCUT2D eigenvalue weighted by Crippen LogP contribution is -2.30. The number of ether oxygens (including phenoxy) is 2. The van der Waals surface area contributed by atoms with Gasteiger partial charge in [0.2, 0.25) is 10.0 Å². The minimum atomic E-state index is -3.75.